The highest BCUT2D eigenvalue weighted by Gasteiger charge is 2.50. The van der Waals surface area contributed by atoms with E-state index in [0.29, 0.717) is 18.0 Å². The van der Waals surface area contributed by atoms with Gasteiger partial charge >= 0.3 is 0 Å². The average Bonchev–Trinajstić information content (AvgIpc) is 3.13. The van der Waals surface area contributed by atoms with Crippen LogP contribution in [0.5, 0.6) is 0 Å². The summed E-state index contributed by atoms with van der Waals surface area (Å²) in [5.74, 6) is -1.53. The van der Waals surface area contributed by atoms with Crippen molar-refractivity contribution in [2.75, 3.05) is 5.32 Å². The van der Waals surface area contributed by atoms with E-state index in [2.05, 4.69) is 10.3 Å². The minimum absolute atomic E-state index is 0.244. The number of thiazole rings is 1. The molecule has 1 N–H and O–H groups in total. The zero-order valence-electron chi connectivity index (χ0n) is 13.6. The number of carbonyl (C=O) groups is 3. The maximum atomic E-state index is 12.6. The zero-order chi connectivity index (χ0) is 17.6. The van der Waals surface area contributed by atoms with Crippen LogP contribution in [-0.2, 0) is 14.4 Å². The number of imide groups is 1. The van der Waals surface area contributed by atoms with Gasteiger partial charge in [0.25, 0.3) is 0 Å². The predicted octanol–water partition coefficient (Wildman–Crippen LogP) is 2.57. The van der Waals surface area contributed by atoms with Gasteiger partial charge in [-0.2, -0.15) is 0 Å². The van der Waals surface area contributed by atoms with Crippen LogP contribution in [0.4, 0.5) is 5.13 Å². The van der Waals surface area contributed by atoms with E-state index >= 15 is 0 Å². The number of fused-ring (bicyclic) bond motifs is 2. The molecule has 7 heteroatoms. The molecular formula is C18H17N3O3S. The Morgan fingerprint density at radius 2 is 1.84 bits per heavy atom. The number of benzene rings is 1. The highest BCUT2D eigenvalue weighted by Crippen LogP contribution is 2.36. The molecule has 0 saturated carbocycles. The van der Waals surface area contributed by atoms with Crippen LogP contribution >= 0.6 is 11.3 Å². The largest absolute Gasteiger partial charge is 0.300 e. The van der Waals surface area contributed by atoms with Crippen molar-refractivity contribution in [2.24, 2.45) is 11.8 Å². The number of amides is 3. The van der Waals surface area contributed by atoms with Crippen molar-refractivity contribution in [3.05, 3.63) is 36.4 Å². The van der Waals surface area contributed by atoms with Crippen molar-refractivity contribution in [1.29, 1.82) is 0 Å². The van der Waals surface area contributed by atoms with Crippen LogP contribution in [0, 0.1) is 11.8 Å². The standard InChI is InChI=1S/C18H17N3O3S/c1-10(21-16(23)11-6-2-3-7-12(11)17(21)24)15(22)20-18-19-13-8-4-5-9-14(13)25-18/h2-5,8-12H,6-7H2,1H3,(H,19,20,22)/t10-,11-,12+/m0/s1. The average molecular weight is 355 g/mol. The molecule has 0 radical (unpaired) electrons. The van der Waals surface area contributed by atoms with Crippen LogP contribution in [0.3, 0.4) is 0 Å². The molecular weight excluding hydrogens is 338 g/mol. The van der Waals surface area contributed by atoms with Crippen molar-refractivity contribution >= 4 is 44.4 Å². The molecule has 1 aromatic carbocycles. The molecule has 4 rings (SSSR count). The SMILES string of the molecule is C[C@@H](C(=O)Nc1nc2ccccc2s1)N1C(=O)[C@H]2CC=CC[C@H]2C1=O. The highest BCUT2D eigenvalue weighted by atomic mass is 32.1. The quantitative estimate of drug-likeness (QED) is 0.678. The summed E-state index contributed by atoms with van der Waals surface area (Å²) in [7, 11) is 0. The number of aromatic nitrogens is 1. The summed E-state index contributed by atoms with van der Waals surface area (Å²) in [4.78, 5) is 43.2. The third-order valence-electron chi connectivity index (χ3n) is 4.83. The zero-order valence-corrected chi connectivity index (χ0v) is 14.5. The number of allylic oxidation sites excluding steroid dienone is 2. The lowest BCUT2D eigenvalue weighted by molar-refractivity contribution is -0.146. The molecule has 2 heterocycles. The second-order valence-corrected chi connectivity index (χ2v) is 7.38. The lowest BCUT2D eigenvalue weighted by Crippen LogP contribution is -2.46. The van der Waals surface area contributed by atoms with Gasteiger partial charge in [-0.15, -0.1) is 0 Å². The Bertz CT molecular complexity index is 845. The number of likely N-dealkylation sites (tertiary alicyclic amines) is 1. The van der Waals surface area contributed by atoms with Crippen LogP contribution in [-0.4, -0.2) is 33.6 Å². The number of hydrogen-bond donors (Lipinski definition) is 1. The predicted molar refractivity (Wildman–Crippen MR) is 94.9 cm³/mol. The van der Waals surface area contributed by atoms with Gasteiger partial charge in [0, 0.05) is 0 Å². The first kappa shape index (κ1) is 16.0. The Morgan fingerprint density at radius 3 is 2.48 bits per heavy atom. The van der Waals surface area contributed by atoms with E-state index in [1.165, 1.54) is 11.3 Å². The summed E-state index contributed by atoms with van der Waals surface area (Å²) < 4.78 is 0.968. The Hall–Kier alpha value is -2.54. The fraction of sp³-hybridized carbons (Fsp3) is 0.333. The number of carbonyl (C=O) groups excluding carboxylic acids is 3. The fourth-order valence-corrected chi connectivity index (χ4v) is 4.33. The molecule has 6 nitrogen and oxygen atoms in total. The first-order chi connectivity index (χ1) is 12.1. The third kappa shape index (κ3) is 2.64. The van der Waals surface area contributed by atoms with Crippen LogP contribution < -0.4 is 5.32 Å². The van der Waals surface area contributed by atoms with E-state index in [1.54, 1.807) is 6.92 Å². The van der Waals surface area contributed by atoms with Crippen LogP contribution in [0.25, 0.3) is 10.2 Å². The lowest BCUT2D eigenvalue weighted by Gasteiger charge is -2.21. The van der Waals surface area contributed by atoms with E-state index in [1.807, 2.05) is 36.4 Å². The molecule has 3 amide bonds. The number of anilines is 1. The molecule has 25 heavy (non-hydrogen) atoms. The summed E-state index contributed by atoms with van der Waals surface area (Å²) in [6.07, 6.45) is 5.00. The molecule has 3 atom stereocenters. The Kier molecular flexibility index (Phi) is 3.88. The van der Waals surface area contributed by atoms with Gasteiger partial charge in [0.05, 0.1) is 22.1 Å². The summed E-state index contributed by atoms with van der Waals surface area (Å²) >= 11 is 1.37. The first-order valence-corrected chi connectivity index (χ1v) is 9.06. The second-order valence-electron chi connectivity index (χ2n) is 6.35. The number of hydrogen-bond acceptors (Lipinski definition) is 5. The molecule has 0 spiro atoms. The van der Waals surface area contributed by atoms with Gasteiger partial charge in [-0.3, -0.25) is 19.3 Å². The minimum Gasteiger partial charge on any atom is -0.300 e. The van der Waals surface area contributed by atoms with E-state index in [-0.39, 0.29) is 23.7 Å². The van der Waals surface area contributed by atoms with Crippen LogP contribution in [0.15, 0.2) is 36.4 Å². The molecule has 2 aromatic rings. The summed E-state index contributed by atoms with van der Waals surface area (Å²) in [5.41, 5.74) is 0.806. The third-order valence-corrected chi connectivity index (χ3v) is 5.78. The molecule has 1 aromatic heterocycles. The monoisotopic (exact) mass is 355 g/mol. The van der Waals surface area contributed by atoms with Crippen molar-refractivity contribution in [2.45, 2.75) is 25.8 Å². The summed E-state index contributed by atoms with van der Waals surface area (Å²) in [5, 5.41) is 3.21. The van der Waals surface area contributed by atoms with Gasteiger partial charge in [-0.25, -0.2) is 4.98 Å². The smallest absolute Gasteiger partial charge is 0.249 e. The van der Waals surface area contributed by atoms with E-state index in [4.69, 9.17) is 0 Å². The maximum absolute atomic E-state index is 12.6. The fourth-order valence-electron chi connectivity index (χ4n) is 3.46. The summed E-state index contributed by atoms with van der Waals surface area (Å²) in [6, 6.07) is 6.74. The Balaban J connectivity index is 1.52. The number of rotatable bonds is 3. The van der Waals surface area contributed by atoms with Crippen LogP contribution in [0.1, 0.15) is 19.8 Å². The van der Waals surface area contributed by atoms with Gasteiger partial charge in [0.1, 0.15) is 6.04 Å². The molecule has 0 bridgehead atoms. The van der Waals surface area contributed by atoms with Gasteiger partial charge in [-0.1, -0.05) is 35.6 Å². The summed E-state index contributed by atoms with van der Waals surface area (Å²) in [6.45, 7) is 1.59. The molecule has 1 aliphatic heterocycles. The second kappa shape index (κ2) is 6.07. The Labute approximate surface area is 148 Å². The van der Waals surface area contributed by atoms with E-state index in [9.17, 15) is 14.4 Å². The van der Waals surface area contributed by atoms with Gasteiger partial charge in [0.2, 0.25) is 17.7 Å². The van der Waals surface area contributed by atoms with Crippen LogP contribution in [0.2, 0.25) is 0 Å². The number of nitrogens with zero attached hydrogens (tertiary/aromatic N) is 2. The molecule has 128 valence electrons. The minimum atomic E-state index is -0.849. The van der Waals surface area contributed by atoms with E-state index < -0.39 is 11.9 Å². The highest BCUT2D eigenvalue weighted by molar-refractivity contribution is 7.22. The molecule has 0 unspecified atom stereocenters. The molecule has 1 fully saturated rings. The molecule has 2 aliphatic rings. The van der Waals surface area contributed by atoms with Gasteiger partial charge in [-0.05, 0) is 31.9 Å². The van der Waals surface area contributed by atoms with E-state index in [0.717, 1.165) is 15.1 Å². The lowest BCUT2D eigenvalue weighted by atomic mass is 9.85. The van der Waals surface area contributed by atoms with Gasteiger partial charge < -0.3 is 5.32 Å². The number of nitrogens with one attached hydrogen (secondary N) is 1. The van der Waals surface area contributed by atoms with Crippen molar-refractivity contribution in [3.63, 3.8) is 0 Å². The molecule has 1 aliphatic carbocycles. The normalized spacial score (nSPS) is 23.8. The van der Waals surface area contributed by atoms with Crippen molar-refractivity contribution in [3.8, 4) is 0 Å². The Morgan fingerprint density at radius 1 is 1.20 bits per heavy atom. The molecule has 1 saturated heterocycles. The maximum Gasteiger partial charge on any atom is 0.249 e. The number of para-hydroxylation sites is 1. The first-order valence-electron chi connectivity index (χ1n) is 8.24. The van der Waals surface area contributed by atoms with Crippen molar-refractivity contribution < 1.29 is 14.4 Å². The topological polar surface area (TPSA) is 79.4 Å². The van der Waals surface area contributed by atoms with Crippen molar-refractivity contribution in [1.82, 2.24) is 9.88 Å². The van der Waals surface area contributed by atoms with Gasteiger partial charge in [0.15, 0.2) is 5.13 Å².